The van der Waals surface area contributed by atoms with Crippen LogP contribution in [-0.4, -0.2) is 22.6 Å². The smallest absolute Gasteiger partial charge is 0.108 e. The summed E-state index contributed by atoms with van der Waals surface area (Å²) in [7, 11) is 0. The van der Waals surface area contributed by atoms with Crippen molar-refractivity contribution in [2.24, 2.45) is 0 Å². The van der Waals surface area contributed by atoms with E-state index in [1.807, 2.05) is 6.20 Å². The van der Waals surface area contributed by atoms with Crippen LogP contribution in [0.2, 0.25) is 0 Å². The summed E-state index contributed by atoms with van der Waals surface area (Å²) in [6, 6.07) is 8.70. The van der Waals surface area contributed by atoms with E-state index in [1.54, 1.807) is 0 Å². The fourth-order valence-corrected chi connectivity index (χ4v) is 2.34. The first-order valence-corrected chi connectivity index (χ1v) is 7.12. The van der Waals surface area contributed by atoms with Gasteiger partial charge in [0.2, 0.25) is 0 Å². The number of rotatable bonds is 7. The molecule has 0 atom stereocenters. The van der Waals surface area contributed by atoms with Crippen LogP contribution < -0.4 is 5.32 Å². The third-order valence-corrected chi connectivity index (χ3v) is 3.40. The van der Waals surface area contributed by atoms with Crippen molar-refractivity contribution in [3.63, 3.8) is 0 Å². The van der Waals surface area contributed by atoms with E-state index in [2.05, 4.69) is 59.2 Å². The van der Waals surface area contributed by atoms with Crippen LogP contribution in [0.3, 0.4) is 0 Å². The van der Waals surface area contributed by atoms with E-state index < -0.39 is 0 Å². The average molecular weight is 257 g/mol. The van der Waals surface area contributed by atoms with Gasteiger partial charge in [0.25, 0.3) is 0 Å². The summed E-state index contributed by atoms with van der Waals surface area (Å²) in [6.45, 7) is 7.29. The Kier molecular flexibility index (Phi) is 5.16. The maximum atomic E-state index is 4.39. The molecule has 102 valence electrons. The number of likely N-dealkylation sites (N-methyl/N-ethyl adjacent to an activating group) is 1. The Labute approximate surface area is 115 Å². The summed E-state index contributed by atoms with van der Waals surface area (Å²) < 4.78 is 2.24. The van der Waals surface area contributed by atoms with Gasteiger partial charge >= 0.3 is 0 Å². The maximum Gasteiger partial charge on any atom is 0.108 e. The molecule has 0 radical (unpaired) electrons. The number of benzene rings is 1. The van der Waals surface area contributed by atoms with Crippen LogP contribution in [0.1, 0.15) is 30.8 Å². The first kappa shape index (κ1) is 13.8. The Hall–Kier alpha value is -1.61. The Morgan fingerprint density at radius 2 is 1.95 bits per heavy atom. The van der Waals surface area contributed by atoms with Crippen molar-refractivity contribution in [1.29, 1.82) is 0 Å². The lowest BCUT2D eigenvalue weighted by Crippen LogP contribution is -2.17. The highest BCUT2D eigenvalue weighted by Crippen LogP contribution is 2.12. The van der Waals surface area contributed by atoms with Crippen molar-refractivity contribution < 1.29 is 0 Å². The van der Waals surface area contributed by atoms with Crippen molar-refractivity contribution in [2.75, 3.05) is 13.1 Å². The summed E-state index contributed by atoms with van der Waals surface area (Å²) in [5.74, 6) is 1.15. The second-order valence-electron chi connectivity index (χ2n) is 4.70. The fourth-order valence-electron chi connectivity index (χ4n) is 2.34. The predicted octanol–water partition coefficient (Wildman–Crippen LogP) is 2.65. The molecule has 0 aliphatic carbocycles. The molecule has 0 amide bonds. The van der Waals surface area contributed by atoms with E-state index in [-0.39, 0.29) is 0 Å². The molecule has 3 heteroatoms. The van der Waals surface area contributed by atoms with Crippen molar-refractivity contribution in [3.8, 4) is 0 Å². The summed E-state index contributed by atoms with van der Waals surface area (Å²) >= 11 is 0. The molecule has 3 nitrogen and oxygen atoms in total. The Bertz CT molecular complexity index is 502. The molecule has 1 heterocycles. The van der Waals surface area contributed by atoms with Crippen molar-refractivity contribution >= 4 is 0 Å². The second-order valence-corrected chi connectivity index (χ2v) is 4.70. The molecule has 19 heavy (non-hydrogen) atoms. The molecule has 0 aliphatic heterocycles. The van der Waals surface area contributed by atoms with Gasteiger partial charge in [0.1, 0.15) is 5.82 Å². The number of hydrogen-bond acceptors (Lipinski definition) is 2. The van der Waals surface area contributed by atoms with Crippen LogP contribution >= 0.6 is 0 Å². The largest absolute Gasteiger partial charge is 0.331 e. The van der Waals surface area contributed by atoms with Crippen LogP contribution in [-0.2, 0) is 19.4 Å². The van der Waals surface area contributed by atoms with Crippen LogP contribution in [0.4, 0.5) is 0 Å². The van der Waals surface area contributed by atoms with Gasteiger partial charge < -0.3 is 9.88 Å². The third-order valence-electron chi connectivity index (χ3n) is 3.40. The van der Waals surface area contributed by atoms with E-state index in [0.717, 1.165) is 38.3 Å². The fraction of sp³-hybridized carbons (Fsp3) is 0.438. The number of hydrogen-bond donors (Lipinski definition) is 1. The van der Waals surface area contributed by atoms with Crippen LogP contribution in [0.15, 0.2) is 36.7 Å². The number of imidazole rings is 1. The van der Waals surface area contributed by atoms with Gasteiger partial charge in [-0.05, 0) is 30.6 Å². The molecule has 1 N–H and O–H groups in total. The molecule has 0 fully saturated rings. The standard InChI is InChI=1S/C16H23N3/c1-3-16-18-11-12-19(16)13-15-8-6-5-7-14(15)9-10-17-4-2/h5-8,11-12,17H,3-4,9-10,13H2,1-2H3. The Balaban J connectivity index is 2.11. The molecule has 0 aliphatic rings. The van der Waals surface area contributed by atoms with E-state index >= 15 is 0 Å². The van der Waals surface area contributed by atoms with Gasteiger partial charge in [-0.2, -0.15) is 0 Å². The second kappa shape index (κ2) is 7.10. The van der Waals surface area contributed by atoms with Gasteiger partial charge in [0.15, 0.2) is 0 Å². The highest BCUT2D eigenvalue weighted by molar-refractivity contribution is 5.28. The van der Waals surface area contributed by atoms with Crippen LogP contribution in [0, 0.1) is 0 Å². The van der Waals surface area contributed by atoms with Crippen molar-refractivity contribution in [3.05, 3.63) is 53.6 Å². The average Bonchev–Trinajstić information content (AvgIpc) is 2.88. The van der Waals surface area contributed by atoms with E-state index in [0.29, 0.717) is 0 Å². The number of aryl methyl sites for hydroxylation is 1. The first-order chi connectivity index (χ1) is 9.35. The summed E-state index contributed by atoms with van der Waals surface area (Å²) in [5.41, 5.74) is 2.83. The molecule has 2 aromatic rings. The molecule has 1 aromatic carbocycles. The lowest BCUT2D eigenvalue weighted by molar-refractivity contribution is 0.696. The molecular weight excluding hydrogens is 234 g/mol. The van der Waals surface area contributed by atoms with Crippen LogP contribution in [0.25, 0.3) is 0 Å². The van der Waals surface area contributed by atoms with Gasteiger partial charge in [0, 0.05) is 25.4 Å². The van der Waals surface area contributed by atoms with Gasteiger partial charge in [0.05, 0.1) is 0 Å². The highest BCUT2D eigenvalue weighted by Gasteiger charge is 2.05. The van der Waals surface area contributed by atoms with Crippen molar-refractivity contribution in [1.82, 2.24) is 14.9 Å². The minimum Gasteiger partial charge on any atom is -0.331 e. The monoisotopic (exact) mass is 257 g/mol. The molecule has 0 spiro atoms. The topological polar surface area (TPSA) is 29.9 Å². The van der Waals surface area contributed by atoms with Gasteiger partial charge in [-0.1, -0.05) is 38.1 Å². The summed E-state index contributed by atoms with van der Waals surface area (Å²) in [6.07, 6.45) is 6.02. The van der Waals surface area contributed by atoms with Gasteiger partial charge in [-0.15, -0.1) is 0 Å². The zero-order valence-electron chi connectivity index (χ0n) is 11.9. The Morgan fingerprint density at radius 1 is 1.16 bits per heavy atom. The minimum absolute atomic E-state index is 0.922. The first-order valence-electron chi connectivity index (χ1n) is 7.12. The van der Waals surface area contributed by atoms with Crippen LogP contribution in [0.5, 0.6) is 0 Å². The van der Waals surface area contributed by atoms with E-state index in [4.69, 9.17) is 0 Å². The quantitative estimate of drug-likeness (QED) is 0.773. The Morgan fingerprint density at radius 3 is 2.68 bits per heavy atom. The number of nitrogens with one attached hydrogen (secondary N) is 1. The SMILES string of the molecule is CCNCCc1ccccc1Cn1ccnc1CC. The zero-order chi connectivity index (χ0) is 13.5. The lowest BCUT2D eigenvalue weighted by Gasteiger charge is -2.12. The predicted molar refractivity (Wildman–Crippen MR) is 79.4 cm³/mol. The molecular formula is C16H23N3. The minimum atomic E-state index is 0.922. The molecule has 0 saturated carbocycles. The van der Waals surface area contributed by atoms with E-state index in [9.17, 15) is 0 Å². The normalized spacial score (nSPS) is 10.8. The highest BCUT2D eigenvalue weighted by atomic mass is 15.1. The summed E-state index contributed by atoms with van der Waals surface area (Å²) in [5, 5.41) is 3.39. The van der Waals surface area contributed by atoms with Gasteiger partial charge in [-0.3, -0.25) is 0 Å². The summed E-state index contributed by atoms with van der Waals surface area (Å²) in [4.78, 5) is 4.39. The molecule has 1 aromatic heterocycles. The zero-order valence-corrected chi connectivity index (χ0v) is 11.9. The molecule has 0 bridgehead atoms. The maximum absolute atomic E-state index is 4.39. The number of aromatic nitrogens is 2. The lowest BCUT2D eigenvalue weighted by atomic mass is 10.0. The molecule has 2 rings (SSSR count). The van der Waals surface area contributed by atoms with Gasteiger partial charge in [-0.25, -0.2) is 4.98 Å². The van der Waals surface area contributed by atoms with Crippen molar-refractivity contribution in [2.45, 2.75) is 33.2 Å². The molecule has 0 saturated heterocycles. The third kappa shape index (κ3) is 3.67. The van der Waals surface area contributed by atoms with E-state index in [1.165, 1.54) is 11.1 Å². The molecule has 0 unspecified atom stereocenters. The number of nitrogens with zero attached hydrogens (tertiary/aromatic N) is 2.